The van der Waals surface area contributed by atoms with Crippen LogP contribution in [0.3, 0.4) is 0 Å². The molecule has 1 aliphatic carbocycles. The molecule has 10 heteroatoms. The first-order valence-electron chi connectivity index (χ1n) is 10.0. The zero-order valence-electron chi connectivity index (χ0n) is 17.9. The highest BCUT2D eigenvalue weighted by atomic mass is 19.3. The lowest BCUT2D eigenvalue weighted by atomic mass is 9.64. The molecule has 1 amide bonds. The molecule has 3 fully saturated rings. The number of pyridine rings is 1. The van der Waals surface area contributed by atoms with Crippen LogP contribution in [0.25, 0.3) is 0 Å². The van der Waals surface area contributed by atoms with Crippen molar-refractivity contribution >= 4 is 23.2 Å². The topological polar surface area (TPSA) is 98.3 Å². The Morgan fingerprint density at radius 2 is 2.03 bits per heavy atom. The van der Waals surface area contributed by atoms with E-state index < -0.39 is 11.7 Å². The standard InChI is InChI=1S/C21H25F2N5O3/c1-12-5-17(28-18(25-12)20(4,22)23)27-14-6-16(26-13(2)29)24-7-15(14)30-11-21-8-19(3,9-21)10-31-21/h5-7H,8-11H2,1-4H3,(H2,24,25,26,27,28,29). The SMILES string of the molecule is CC(=O)Nc1cc(Nc2cc(C)nc(C(C)(F)F)n2)c(OCC23CC(C)(CO2)C3)cn1. The van der Waals surface area contributed by atoms with Crippen molar-refractivity contribution in [1.82, 2.24) is 15.0 Å². The Labute approximate surface area is 178 Å². The average molecular weight is 433 g/mol. The third-order valence-corrected chi connectivity index (χ3v) is 5.40. The Balaban J connectivity index is 1.60. The highest BCUT2D eigenvalue weighted by Gasteiger charge is 2.60. The van der Waals surface area contributed by atoms with Crippen molar-refractivity contribution in [3.63, 3.8) is 0 Å². The van der Waals surface area contributed by atoms with Crippen molar-refractivity contribution in [2.45, 2.75) is 52.1 Å². The molecule has 166 valence electrons. The first kappa shape index (κ1) is 21.4. The van der Waals surface area contributed by atoms with Gasteiger partial charge in [0, 0.05) is 31.7 Å². The second-order valence-corrected chi connectivity index (χ2v) is 8.90. The molecule has 31 heavy (non-hydrogen) atoms. The number of nitrogens with one attached hydrogen (secondary N) is 2. The highest BCUT2D eigenvalue weighted by molar-refractivity contribution is 5.88. The summed E-state index contributed by atoms with van der Waals surface area (Å²) in [6, 6.07) is 3.11. The summed E-state index contributed by atoms with van der Waals surface area (Å²) in [7, 11) is 0. The summed E-state index contributed by atoms with van der Waals surface area (Å²) in [4.78, 5) is 23.4. The minimum Gasteiger partial charge on any atom is -0.487 e. The number of halogens is 2. The van der Waals surface area contributed by atoms with Crippen molar-refractivity contribution in [1.29, 1.82) is 0 Å². The van der Waals surface area contributed by atoms with E-state index in [0.29, 0.717) is 29.6 Å². The van der Waals surface area contributed by atoms with Gasteiger partial charge in [-0.2, -0.15) is 8.78 Å². The van der Waals surface area contributed by atoms with Crippen LogP contribution < -0.4 is 15.4 Å². The van der Waals surface area contributed by atoms with E-state index in [4.69, 9.17) is 9.47 Å². The van der Waals surface area contributed by atoms with Crippen LogP contribution in [0.5, 0.6) is 5.75 Å². The number of anilines is 3. The van der Waals surface area contributed by atoms with Crippen molar-refractivity contribution < 1.29 is 23.0 Å². The number of hydrogen-bond donors (Lipinski definition) is 2. The van der Waals surface area contributed by atoms with Crippen LogP contribution in [0.1, 0.15) is 45.1 Å². The Kier molecular flexibility index (Phi) is 5.07. The van der Waals surface area contributed by atoms with Crippen LogP contribution in [-0.2, 0) is 15.5 Å². The molecule has 0 unspecified atom stereocenters. The van der Waals surface area contributed by atoms with Gasteiger partial charge in [-0.05, 0) is 25.2 Å². The fraction of sp³-hybridized carbons (Fsp3) is 0.524. The fourth-order valence-electron chi connectivity index (χ4n) is 4.26. The van der Waals surface area contributed by atoms with Gasteiger partial charge in [-0.1, -0.05) is 6.92 Å². The predicted molar refractivity (Wildman–Crippen MR) is 110 cm³/mol. The van der Waals surface area contributed by atoms with Gasteiger partial charge in [0.2, 0.25) is 11.7 Å². The van der Waals surface area contributed by atoms with Gasteiger partial charge >= 0.3 is 5.92 Å². The van der Waals surface area contributed by atoms with Crippen molar-refractivity contribution in [2.24, 2.45) is 5.41 Å². The van der Waals surface area contributed by atoms with Crippen molar-refractivity contribution in [3.8, 4) is 5.75 Å². The molecule has 4 heterocycles. The monoisotopic (exact) mass is 433 g/mol. The van der Waals surface area contributed by atoms with Gasteiger partial charge in [-0.25, -0.2) is 15.0 Å². The molecule has 5 rings (SSSR count). The number of ether oxygens (including phenoxy) is 2. The third-order valence-electron chi connectivity index (χ3n) is 5.40. The molecule has 2 N–H and O–H groups in total. The minimum atomic E-state index is -3.18. The first-order chi connectivity index (χ1) is 14.5. The number of nitrogens with zero attached hydrogens (tertiary/aromatic N) is 3. The second kappa shape index (κ2) is 7.37. The van der Waals surface area contributed by atoms with E-state index in [2.05, 4.69) is 32.5 Å². The fourth-order valence-corrected chi connectivity index (χ4v) is 4.26. The van der Waals surface area contributed by atoms with Gasteiger partial charge in [0.15, 0.2) is 5.75 Å². The molecule has 0 radical (unpaired) electrons. The zero-order valence-corrected chi connectivity index (χ0v) is 17.9. The summed E-state index contributed by atoms with van der Waals surface area (Å²) in [6.45, 7) is 6.98. The molecule has 2 aromatic heterocycles. The number of amides is 1. The normalized spacial score (nSPS) is 24.5. The maximum Gasteiger partial charge on any atom is 0.303 e. The number of rotatable bonds is 7. The Morgan fingerprint density at radius 3 is 2.65 bits per heavy atom. The largest absolute Gasteiger partial charge is 0.487 e. The number of fused-ring (bicyclic) bond motifs is 1. The predicted octanol–water partition coefficient (Wildman–Crippen LogP) is 3.94. The Hall–Kier alpha value is -2.88. The number of alkyl halides is 2. The smallest absolute Gasteiger partial charge is 0.303 e. The summed E-state index contributed by atoms with van der Waals surface area (Å²) in [5.41, 5.74) is 0.738. The van der Waals surface area contributed by atoms with E-state index in [1.54, 1.807) is 19.1 Å². The van der Waals surface area contributed by atoms with Crippen molar-refractivity contribution in [3.05, 3.63) is 29.8 Å². The Bertz CT molecular complexity index is 1020. The maximum atomic E-state index is 13.8. The summed E-state index contributed by atoms with van der Waals surface area (Å²) in [5, 5.41) is 5.61. The van der Waals surface area contributed by atoms with E-state index >= 15 is 0 Å². The molecule has 8 nitrogen and oxygen atoms in total. The molecule has 2 saturated heterocycles. The van der Waals surface area contributed by atoms with Crippen LogP contribution in [-0.4, -0.2) is 39.7 Å². The van der Waals surface area contributed by atoms with Crippen LogP contribution in [0.2, 0.25) is 0 Å². The molecule has 2 aliphatic heterocycles. The number of carbonyl (C=O) groups excluding carboxylic acids is 1. The van der Waals surface area contributed by atoms with Gasteiger partial charge < -0.3 is 20.1 Å². The molecule has 0 aromatic carbocycles. The lowest BCUT2D eigenvalue weighted by molar-refractivity contribution is -0.114. The van der Waals surface area contributed by atoms with E-state index in [1.807, 2.05) is 0 Å². The maximum absolute atomic E-state index is 13.8. The molecule has 1 saturated carbocycles. The number of carbonyl (C=O) groups is 1. The van der Waals surface area contributed by atoms with Gasteiger partial charge in [0.1, 0.15) is 23.8 Å². The third kappa shape index (κ3) is 4.58. The minimum absolute atomic E-state index is 0.181. The molecule has 3 aliphatic rings. The van der Waals surface area contributed by atoms with E-state index in [0.717, 1.165) is 26.4 Å². The number of aromatic nitrogens is 3. The summed E-state index contributed by atoms with van der Waals surface area (Å²) >= 11 is 0. The summed E-state index contributed by atoms with van der Waals surface area (Å²) < 4.78 is 39.5. The van der Waals surface area contributed by atoms with E-state index in [1.165, 1.54) is 13.1 Å². The molecular weight excluding hydrogens is 408 g/mol. The van der Waals surface area contributed by atoms with Gasteiger partial charge in [0.25, 0.3) is 0 Å². The van der Waals surface area contributed by atoms with E-state index in [-0.39, 0.29) is 22.7 Å². The summed E-state index contributed by atoms with van der Waals surface area (Å²) in [6.07, 6.45) is 3.33. The lowest BCUT2D eigenvalue weighted by Crippen LogP contribution is -2.46. The molecule has 0 spiro atoms. The second-order valence-electron chi connectivity index (χ2n) is 8.90. The van der Waals surface area contributed by atoms with Crippen LogP contribution >= 0.6 is 0 Å². The quantitative estimate of drug-likeness (QED) is 0.682. The number of aryl methyl sites for hydroxylation is 1. The van der Waals surface area contributed by atoms with Crippen LogP contribution in [0, 0.1) is 12.3 Å². The summed E-state index contributed by atoms with van der Waals surface area (Å²) in [5.74, 6) is -3.18. The van der Waals surface area contributed by atoms with Crippen LogP contribution in [0.4, 0.5) is 26.1 Å². The molecule has 0 atom stereocenters. The van der Waals surface area contributed by atoms with Gasteiger partial charge in [-0.3, -0.25) is 4.79 Å². The lowest BCUT2D eigenvalue weighted by Gasteiger charge is -2.41. The highest BCUT2D eigenvalue weighted by Crippen LogP contribution is 2.57. The molecule has 2 aromatic rings. The van der Waals surface area contributed by atoms with Gasteiger partial charge in [0.05, 0.1) is 18.5 Å². The first-order valence-corrected chi connectivity index (χ1v) is 10.0. The zero-order chi connectivity index (χ0) is 22.4. The molecular formula is C21H25F2N5O3. The number of hydrogen-bond acceptors (Lipinski definition) is 7. The molecule has 2 bridgehead atoms. The van der Waals surface area contributed by atoms with Crippen molar-refractivity contribution in [2.75, 3.05) is 23.8 Å². The van der Waals surface area contributed by atoms with Crippen LogP contribution in [0.15, 0.2) is 18.3 Å². The van der Waals surface area contributed by atoms with E-state index in [9.17, 15) is 13.6 Å². The average Bonchev–Trinajstić information content (AvgIpc) is 3.13. The Morgan fingerprint density at radius 1 is 1.29 bits per heavy atom. The van der Waals surface area contributed by atoms with Gasteiger partial charge in [-0.15, -0.1) is 0 Å².